The minimum absolute atomic E-state index is 0.0387. The summed E-state index contributed by atoms with van der Waals surface area (Å²) in [7, 11) is 4.05. The Balaban J connectivity index is 1.95. The number of anilines is 1. The zero-order valence-electron chi connectivity index (χ0n) is 15.5. The van der Waals surface area contributed by atoms with Crippen LogP contribution in [0.2, 0.25) is 0 Å². The average molecular weight is 348 g/mol. The number of benzene rings is 1. The van der Waals surface area contributed by atoms with Crippen LogP contribution in [0.4, 0.5) is 10.5 Å². The topological polar surface area (TPSA) is 73.9 Å². The Morgan fingerprint density at radius 1 is 1.36 bits per heavy atom. The number of fused-ring (bicyclic) bond motifs is 1. The van der Waals surface area contributed by atoms with Crippen molar-refractivity contribution < 1.29 is 14.3 Å². The third-order valence-corrected chi connectivity index (χ3v) is 4.18. The van der Waals surface area contributed by atoms with Crippen LogP contribution in [-0.2, 0) is 4.79 Å². The Bertz CT molecular complexity index is 618. The molecule has 0 fully saturated rings. The monoisotopic (exact) mass is 348 g/mol. The molecule has 0 aliphatic carbocycles. The minimum atomic E-state index is -0.167. The minimum Gasteiger partial charge on any atom is -0.482 e. The van der Waals surface area contributed by atoms with Crippen LogP contribution in [0.1, 0.15) is 31.9 Å². The molecule has 7 heteroatoms. The number of carbonyl (C=O) groups is 2. The molecule has 0 saturated heterocycles. The lowest BCUT2D eigenvalue weighted by Crippen LogP contribution is -2.42. The number of carbonyl (C=O) groups excluding carboxylic acids is 2. The summed E-state index contributed by atoms with van der Waals surface area (Å²) >= 11 is 0. The van der Waals surface area contributed by atoms with E-state index in [0.717, 1.165) is 25.1 Å². The molecular formula is C18H28N4O3. The number of amides is 3. The van der Waals surface area contributed by atoms with Crippen LogP contribution in [0.15, 0.2) is 18.2 Å². The third-order valence-electron chi connectivity index (χ3n) is 4.18. The number of urea groups is 1. The molecule has 7 nitrogen and oxygen atoms in total. The highest BCUT2D eigenvalue weighted by atomic mass is 16.5. The molecule has 138 valence electrons. The van der Waals surface area contributed by atoms with E-state index >= 15 is 0 Å². The first-order chi connectivity index (χ1) is 11.9. The van der Waals surface area contributed by atoms with Crippen molar-refractivity contribution >= 4 is 17.6 Å². The Labute approximate surface area is 149 Å². The highest BCUT2D eigenvalue weighted by molar-refractivity contribution is 5.95. The van der Waals surface area contributed by atoms with Crippen molar-refractivity contribution in [1.82, 2.24) is 15.1 Å². The fourth-order valence-corrected chi connectivity index (χ4v) is 2.71. The molecule has 1 aliphatic rings. The Kier molecular flexibility index (Phi) is 6.64. The molecule has 0 spiro atoms. The van der Waals surface area contributed by atoms with Crippen molar-refractivity contribution in [2.45, 2.75) is 26.3 Å². The molecule has 0 saturated carbocycles. The molecule has 1 atom stereocenters. The van der Waals surface area contributed by atoms with Gasteiger partial charge in [0, 0.05) is 13.1 Å². The van der Waals surface area contributed by atoms with Crippen molar-refractivity contribution in [3.05, 3.63) is 23.8 Å². The first kappa shape index (κ1) is 19.1. The molecule has 0 aromatic heterocycles. The van der Waals surface area contributed by atoms with E-state index in [1.54, 1.807) is 0 Å². The fraction of sp³-hybridized carbons (Fsp3) is 0.556. The third kappa shape index (κ3) is 5.35. The van der Waals surface area contributed by atoms with Crippen LogP contribution in [0.25, 0.3) is 0 Å². The molecule has 2 rings (SSSR count). The summed E-state index contributed by atoms with van der Waals surface area (Å²) in [5.74, 6) is 0.486. The van der Waals surface area contributed by atoms with Crippen molar-refractivity contribution in [2.24, 2.45) is 0 Å². The summed E-state index contributed by atoms with van der Waals surface area (Å²) < 4.78 is 5.36. The molecule has 0 bridgehead atoms. The van der Waals surface area contributed by atoms with E-state index < -0.39 is 0 Å². The maximum Gasteiger partial charge on any atom is 0.317 e. The van der Waals surface area contributed by atoms with Gasteiger partial charge in [-0.25, -0.2) is 4.79 Å². The highest BCUT2D eigenvalue weighted by Crippen LogP contribution is 2.30. The van der Waals surface area contributed by atoms with Crippen molar-refractivity contribution in [1.29, 1.82) is 0 Å². The normalized spacial score (nSPS) is 14.4. The smallest absolute Gasteiger partial charge is 0.317 e. The summed E-state index contributed by atoms with van der Waals surface area (Å²) in [4.78, 5) is 27.8. The van der Waals surface area contributed by atoms with E-state index in [0.29, 0.717) is 18.0 Å². The Hall–Kier alpha value is -2.28. The van der Waals surface area contributed by atoms with Crippen molar-refractivity contribution in [3.8, 4) is 5.75 Å². The Morgan fingerprint density at radius 2 is 2.12 bits per heavy atom. The zero-order chi connectivity index (χ0) is 18.4. The van der Waals surface area contributed by atoms with Crippen LogP contribution >= 0.6 is 0 Å². The van der Waals surface area contributed by atoms with Crippen molar-refractivity contribution in [2.75, 3.05) is 45.7 Å². The predicted molar refractivity (Wildman–Crippen MR) is 97.9 cm³/mol. The maximum atomic E-state index is 12.5. The van der Waals surface area contributed by atoms with Gasteiger partial charge >= 0.3 is 6.03 Å². The van der Waals surface area contributed by atoms with Gasteiger partial charge in [-0.2, -0.15) is 0 Å². The molecule has 1 aromatic rings. The molecule has 1 aromatic carbocycles. The first-order valence-electron chi connectivity index (χ1n) is 8.67. The second-order valence-corrected chi connectivity index (χ2v) is 6.50. The summed E-state index contributed by atoms with van der Waals surface area (Å²) in [5, 5.41) is 5.81. The van der Waals surface area contributed by atoms with E-state index in [4.69, 9.17) is 4.74 Å². The number of nitrogens with one attached hydrogen (secondary N) is 2. The maximum absolute atomic E-state index is 12.5. The summed E-state index contributed by atoms with van der Waals surface area (Å²) in [6.45, 7) is 6.28. The van der Waals surface area contributed by atoms with Gasteiger partial charge < -0.3 is 25.2 Å². The van der Waals surface area contributed by atoms with E-state index in [9.17, 15) is 9.59 Å². The standard InChI is InChI=1S/C18H28N4O3/c1-5-22(10-6-9-21(3)4)18(24)19-13(2)14-7-8-16-15(11-14)20-17(23)12-25-16/h7-8,11,13H,5-6,9-10,12H2,1-4H3,(H,19,24)(H,20,23)/t13-/m0/s1. The number of hydrogen-bond donors (Lipinski definition) is 2. The lowest BCUT2D eigenvalue weighted by atomic mass is 10.1. The first-order valence-corrected chi connectivity index (χ1v) is 8.67. The van der Waals surface area contributed by atoms with Crippen LogP contribution < -0.4 is 15.4 Å². The van der Waals surface area contributed by atoms with Gasteiger partial charge in [-0.05, 0) is 58.6 Å². The SMILES string of the molecule is CCN(CCCN(C)C)C(=O)N[C@@H](C)c1ccc2c(c1)NC(=O)CO2. The number of hydrogen-bond acceptors (Lipinski definition) is 4. The molecular weight excluding hydrogens is 320 g/mol. The van der Waals surface area contributed by atoms with Gasteiger partial charge in [-0.3, -0.25) is 4.79 Å². The lowest BCUT2D eigenvalue weighted by Gasteiger charge is -2.25. The number of nitrogens with zero attached hydrogens (tertiary/aromatic N) is 2. The highest BCUT2D eigenvalue weighted by Gasteiger charge is 2.19. The molecule has 1 heterocycles. The van der Waals surface area contributed by atoms with E-state index in [2.05, 4.69) is 15.5 Å². The molecule has 0 radical (unpaired) electrons. The molecule has 25 heavy (non-hydrogen) atoms. The van der Waals surface area contributed by atoms with Gasteiger partial charge in [-0.1, -0.05) is 6.07 Å². The van der Waals surface area contributed by atoms with Gasteiger partial charge in [0.25, 0.3) is 5.91 Å². The number of ether oxygens (including phenoxy) is 1. The fourth-order valence-electron chi connectivity index (χ4n) is 2.71. The largest absolute Gasteiger partial charge is 0.482 e. The van der Waals surface area contributed by atoms with E-state index in [1.807, 2.05) is 51.0 Å². The summed E-state index contributed by atoms with van der Waals surface area (Å²) in [6, 6.07) is 5.33. The second kappa shape index (κ2) is 8.71. The van der Waals surface area contributed by atoms with E-state index in [1.165, 1.54) is 0 Å². The van der Waals surface area contributed by atoms with Gasteiger partial charge in [0.15, 0.2) is 6.61 Å². The van der Waals surface area contributed by atoms with Gasteiger partial charge in [-0.15, -0.1) is 0 Å². The zero-order valence-corrected chi connectivity index (χ0v) is 15.5. The quantitative estimate of drug-likeness (QED) is 0.791. The van der Waals surface area contributed by atoms with E-state index in [-0.39, 0.29) is 24.6 Å². The average Bonchev–Trinajstić information content (AvgIpc) is 2.57. The van der Waals surface area contributed by atoms with Gasteiger partial charge in [0.05, 0.1) is 11.7 Å². The lowest BCUT2D eigenvalue weighted by molar-refractivity contribution is -0.118. The number of rotatable bonds is 7. The summed E-state index contributed by atoms with van der Waals surface area (Å²) in [5.41, 5.74) is 1.57. The van der Waals surface area contributed by atoms with Gasteiger partial charge in [0.2, 0.25) is 0 Å². The molecule has 3 amide bonds. The van der Waals surface area contributed by atoms with Crippen LogP contribution in [-0.4, -0.2) is 62.1 Å². The van der Waals surface area contributed by atoms with Gasteiger partial charge in [0.1, 0.15) is 5.75 Å². The van der Waals surface area contributed by atoms with Crippen LogP contribution in [0.5, 0.6) is 5.75 Å². The predicted octanol–water partition coefficient (Wildman–Crippen LogP) is 2.06. The van der Waals surface area contributed by atoms with Crippen LogP contribution in [0, 0.1) is 0 Å². The Morgan fingerprint density at radius 3 is 2.80 bits per heavy atom. The summed E-state index contributed by atoms with van der Waals surface area (Å²) in [6.07, 6.45) is 0.935. The molecule has 2 N–H and O–H groups in total. The van der Waals surface area contributed by atoms with Crippen molar-refractivity contribution in [3.63, 3.8) is 0 Å². The molecule has 0 unspecified atom stereocenters. The second-order valence-electron chi connectivity index (χ2n) is 6.50. The van der Waals surface area contributed by atoms with Crippen LogP contribution in [0.3, 0.4) is 0 Å². The molecule has 1 aliphatic heterocycles.